The van der Waals surface area contributed by atoms with Crippen LogP contribution >= 0.6 is 11.3 Å². The van der Waals surface area contributed by atoms with E-state index in [0.29, 0.717) is 13.2 Å². The van der Waals surface area contributed by atoms with Crippen LogP contribution in [0.4, 0.5) is 5.82 Å². The van der Waals surface area contributed by atoms with Crippen molar-refractivity contribution in [2.24, 2.45) is 0 Å². The first-order chi connectivity index (χ1) is 13.8. The molecular weight excluding hydrogens is 370 g/mol. The number of aromatic nitrogens is 4. The lowest BCUT2D eigenvalue weighted by molar-refractivity contribution is 0.110. The second-order valence-electron chi connectivity index (χ2n) is 6.97. The molecule has 0 atom stereocenters. The molecule has 4 aromatic heterocycles. The highest BCUT2D eigenvalue weighted by molar-refractivity contribution is 7.26. The summed E-state index contributed by atoms with van der Waals surface area (Å²) < 4.78 is 6.81. The van der Waals surface area contributed by atoms with Gasteiger partial charge in [-0.15, -0.1) is 11.3 Å². The number of nitrogens with one attached hydrogen (secondary N) is 1. The topological polar surface area (TPSA) is 72.8 Å². The van der Waals surface area contributed by atoms with E-state index in [-0.39, 0.29) is 0 Å². The molecule has 0 radical (unpaired) electrons. The Bertz CT molecular complexity index is 1140. The molecule has 4 aromatic rings. The van der Waals surface area contributed by atoms with E-state index in [1.54, 1.807) is 23.9 Å². The first kappa shape index (κ1) is 17.5. The van der Waals surface area contributed by atoms with Gasteiger partial charge in [-0.25, -0.2) is 15.0 Å². The first-order valence-electron chi connectivity index (χ1n) is 9.63. The van der Waals surface area contributed by atoms with Gasteiger partial charge in [0.15, 0.2) is 0 Å². The number of hydrogen-bond donors (Lipinski definition) is 1. The van der Waals surface area contributed by atoms with Crippen LogP contribution in [0, 0.1) is 0 Å². The highest BCUT2D eigenvalue weighted by atomic mass is 32.1. The number of hydrogen-bond acceptors (Lipinski definition) is 7. The van der Waals surface area contributed by atoms with Crippen molar-refractivity contribution in [2.75, 3.05) is 11.9 Å². The van der Waals surface area contributed by atoms with Gasteiger partial charge in [-0.1, -0.05) is 19.4 Å². The summed E-state index contributed by atoms with van der Waals surface area (Å²) in [6, 6.07) is 4.00. The van der Waals surface area contributed by atoms with Crippen LogP contribution in [0.25, 0.3) is 20.4 Å². The third kappa shape index (κ3) is 3.00. The lowest BCUT2D eigenvalue weighted by Gasteiger charge is -2.20. The molecule has 0 saturated carbocycles. The Labute approximate surface area is 167 Å². The Hall–Kier alpha value is -2.64. The van der Waals surface area contributed by atoms with Crippen LogP contribution in [-0.2, 0) is 30.7 Å². The predicted octanol–water partition coefficient (Wildman–Crippen LogP) is 4.27. The van der Waals surface area contributed by atoms with Gasteiger partial charge in [0.05, 0.1) is 23.4 Å². The molecule has 5 heterocycles. The minimum atomic E-state index is 0.655. The monoisotopic (exact) mass is 391 g/mol. The molecule has 0 amide bonds. The highest BCUT2D eigenvalue weighted by Crippen LogP contribution is 2.40. The van der Waals surface area contributed by atoms with Gasteiger partial charge in [-0.3, -0.25) is 4.98 Å². The van der Waals surface area contributed by atoms with Crippen molar-refractivity contribution in [3.63, 3.8) is 0 Å². The van der Waals surface area contributed by atoms with Crippen LogP contribution in [-0.4, -0.2) is 26.5 Å². The zero-order chi connectivity index (χ0) is 18.9. The molecule has 0 saturated heterocycles. The lowest BCUT2D eigenvalue weighted by atomic mass is 9.97. The van der Waals surface area contributed by atoms with Crippen molar-refractivity contribution in [2.45, 2.75) is 39.3 Å². The van der Waals surface area contributed by atoms with Gasteiger partial charge in [0, 0.05) is 35.6 Å². The molecule has 5 rings (SSSR count). The minimum Gasteiger partial charge on any atom is -0.376 e. The number of thiophene rings is 1. The van der Waals surface area contributed by atoms with Gasteiger partial charge in [0.25, 0.3) is 0 Å². The van der Waals surface area contributed by atoms with E-state index in [9.17, 15) is 0 Å². The van der Waals surface area contributed by atoms with E-state index >= 15 is 0 Å². The second kappa shape index (κ2) is 7.41. The molecule has 6 nitrogen and oxygen atoms in total. The standard InChI is InChI=1S/C21H21N5OS/c1-2-4-16-15-11-27-8-6-14(15)17-18-19(28-21(17)26-16)20(25-12-24-18)23-10-13-5-3-7-22-9-13/h3,5,7,9,12H,2,4,6,8,10-11H2,1H3,(H,23,24,25). The van der Waals surface area contributed by atoms with Crippen molar-refractivity contribution < 1.29 is 4.74 Å². The van der Waals surface area contributed by atoms with Crippen LogP contribution in [0.15, 0.2) is 30.9 Å². The van der Waals surface area contributed by atoms with Gasteiger partial charge in [0.1, 0.15) is 17.0 Å². The van der Waals surface area contributed by atoms with Gasteiger partial charge in [0.2, 0.25) is 0 Å². The van der Waals surface area contributed by atoms with E-state index in [1.807, 2.05) is 12.3 Å². The first-order valence-corrected chi connectivity index (χ1v) is 10.4. The summed E-state index contributed by atoms with van der Waals surface area (Å²) in [5, 5.41) is 4.64. The smallest absolute Gasteiger partial charge is 0.147 e. The molecule has 28 heavy (non-hydrogen) atoms. The van der Waals surface area contributed by atoms with E-state index in [1.165, 1.54) is 22.2 Å². The summed E-state index contributed by atoms with van der Waals surface area (Å²) in [7, 11) is 0. The third-order valence-electron chi connectivity index (χ3n) is 5.12. The Kier molecular flexibility index (Phi) is 4.62. The summed E-state index contributed by atoms with van der Waals surface area (Å²) in [6.45, 7) is 4.28. The summed E-state index contributed by atoms with van der Waals surface area (Å²) in [5.74, 6) is 0.856. The van der Waals surface area contributed by atoms with Gasteiger partial charge in [-0.05, 0) is 30.0 Å². The normalized spacial score (nSPS) is 13.8. The highest BCUT2D eigenvalue weighted by Gasteiger charge is 2.23. The maximum Gasteiger partial charge on any atom is 0.147 e. The number of anilines is 1. The molecule has 0 bridgehead atoms. The molecule has 0 unspecified atom stereocenters. The molecule has 1 aliphatic rings. The molecule has 0 aromatic carbocycles. The number of aryl methyl sites for hydroxylation is 1. The van der Waals surface area contributed by atoms with Gasteiger partial charge in [-0.2, -0.15) is 0 Å². The fraction of sp³-hybridized carbons (Fsp3) is 0.333. The second-order valence-corrected chi connectivity index (χ2v) is 7.96. The summed E-state index contributed by atoms with van der Waals surface area (Å²) in [6.07, 6.45) is 8.27. The van der Waals surface area contributed by atoms with E-state index in [2.05, 4.69) is 33.3 Å². The zero-order valence-electron chi connectivity index (χ0n) is 15.7. The average Bonchev–Trinajstić information content (AvgIpc) is 3.12. The lowest BCUT2D eigenvalue weighted by Crippen LogP contribution is -2.14. The summed E-state index contributed by atoms with van der Waals surface area (Å²) in [4.78, 5) is 19.4. The molecule has 0 aliphatic carbocycles. The van der Waals surface area contributed by atoms with Crippen molar-refractivity contribution >= 4 is 37.6 Å². The summed E-state index contributed by atoms with van der Waals surface area (Å²) in [5.41, 5.74) is 5.92. The van der Waals surface area contributed by atoms with Gasteiger partial charge >= 0.3 is 0 Å². The van der Waals surface area contributed by atoms with Crippen LogP contribution in [0.3, 0.4) is 0 Å². The van der Waals surface area contributed by atoms with Crippen LogP contribution in [0.5, 0.6) is 0 Å². The zero-order valence-corrected chi connectivity index (χ0v) is 16.6. The molecule has 1 aliphatic heterocycles. The van der Waals surface area contributed by atoms with Crippen LogP contribution in [0.2, 0.25) is 0 Å². The van der Waals surface area contributed by atoms with Gasteiger partial charge < -0.3 is 10.1 Å². The SMILES string of the molecule is CCCc1nc2sc3c(NCc4cccnc4)ncnc3c2c2c1COCC2. The Morgan fingerprint density at radius 2 is 2.21 bits per heavy atom. The molecule has 7 heteroatoms. The number of fused-ring (bicyclic) bond motifs is 5. The van der Waals surface area contributed by atoms with Crippen molar-refractivity contribution in [1.29, 1.82) is 0 Å². The van der Waals surface area contributed by atoms with E-state index in [0.717, 1.165) is 52.3 Å². The third-order valence-corrected chi connectivity index (χ3v) is 6.20. The number of rotatable bonds is 5. The van der Waals surface area contributed by atoms with E-state index in [4.69, 9.17) is 9.72 Å². The molecule has 142 valence electrons. The number of pyridine rings is 2. The molecule has 0 fully saturated rings. The fourth-order valence-corrected chi connectivity index (χ4v) is 4.96. The van der Waals surface area contributed by atoms with Crippen molar-refractivity contribution in [1.82, 2.24) is 19.9 Å². The summed E-state index contributed by atoms with van der Waals surface area (Å²) >= 11 is 1.68. The fourth-order valence-electron chi connectivity index (χ4n) is 3.82. The van der Waals surface area contributed by atoms with Crippen molar-refractivity contribution in [3.8, 4) is 0 Å². The van der Waals surface area contributed by atoms with Crippen LogP contribution < -0.4 is 5.32 Å². The maximum absolute atomic E-state index is 5.74. The predicted molar refractivity (Wildman–Crippen MR) is 112 cm³/mol. The van der Waals surface area contributed by atoms with Crippen LogP contribution in [0.1, 0.15) is 35.7 Å². The molecule has 0 spiro atoms. The average molecular weight is 392 g/mol. The molecular formula is C21H21N5OS. The minimum absolute atomic E-state index is 0.655. The molecule has 1 N–H and O–H groups in total. The van der Waals surface area contributed by atoms with E-state index < -0.39 is 0 Å². The number of nitrogens with zero attached hydrogens (tertiary/aromatic N) is 4. The quantitative estimate of drug-likeness (QED) is 0.548. The van der Waals surface area contributed by atoms with Crippen molar-refractivity contribution in [3.05, 3.63) is 53.2 Å². The Morgan fingerprint density at radius 3 is 3.07 bits per heavy atom. The Morgan fingerprint density at radius 1 is 1.25 bits per heavy atom. The Balaban J connectivity index is 1.63. The number of ether oxygens (including phenoxy) is 1. The maximum atomic E-state index is 5.74. The largest absolute Gasteiger partial charge is 0.376 e.